The van der Waals surface area contributed by atoms with Crippen LogP contribution in [0.25, 0.3) is 22.2 Å². The van der Waals surface area contributed by atoms with Crippen molar-refractivity contribution in [1.82, 2.24) is 18.9 Å². The van der Waals surface area contributed by atoms with Crippen LogP contribution < -0.4 is 15.9 Å². The molecule has 5 rings (SSSR count). The molecule has 1 aliphatic rings. The highest BCUT2D eigenvalue weighted by Gasteiger charge is 2.26. The Morgan fingerprint density at radius 3 is 2.55 bits per heavy atom. The summed E-state index contributed by atoms with van der Waals surface area (Å²) < 4.78 is 33.1. The average Bonchev–Trinajstić information content (AvgIpc) is 3.34. The molecule has 1 N–H and O–H groups in total. The van der Waals surface area contributed by atoms with Crippen LogP contribution in [0.1, 0.15) is 24.0 Å². The Balaban J connectivity index is 1.70. The van der Waals surface area contributed by atoms with E-state index in [0.717, 1.165) is 46.5 Å². The summed E-state index contributed by atoms with van der Waals surface area (Å²) in [4.78, 5) is 14.6. The van der Waals surface area contributed by atoms with Crippen molar-refractivity contribution in [3.63, 3.8) is 0 Å². The van der Waals surface area contributed by atoms with Crippen molar-refractivity contribution in [3.05, 3.63) is 58.3 Å². The van der Waals surface area contributed by atoms with E-state index in [2.05, 4.69) is 15.3 Å². The zero-order chi connectivity index (χ0) is 23.4. The van der Waals surface area contributed by atoms with Crippen LogP contribution in [0.15, 0.2) is 41.5 Å². The number of imidazole rings is 1. The molecule has 33 heavy (non-hydrogen) atoms. The molecule has 1 aliphatic heterocycles. The molecule has 2 aromatic heterocycles. The number of hydrogen-bond acceptors (Lipinski definition) is 4. The Hall–Kier alpha value is -3.62. The van der Waals surface area contributed by atoms with Crippen LogP contribution in [-0.4, -0.2) is 32.5 Å². The van der Waals surface area contributed by atoms with Crippen LogP contribution in [0.5, 0.6) is 0 Å². The lowest BCUT2D eigenvalue weighted by molar-refractivity contribution is 0.152. The maximum atomic E-state index is 14.2. The van der Waals surface area contributed by atoms with E-state index in [1.165, 1.54) is 0 Å². The molecule has 0 bridgehead atoms. The van der Waals surface area contributed by atoms with Crippen molar-refractivity contribution < 1.29 is 8.78 Å². The van der Waals surface area contributed by atoms with Gasteiger partial charge in [0, 0.05) is 63.4 Å². The fourth-order valence-corrected chi connectivity index (χ4v) is 4.89. The lowest BCUT2D eigenvalue weighted by Gasteiger charge is -2.33. The number of aryl methyl sites for hydroxylation is 4. The molecule has 3 heterocycles. The number of fused-ring (bicyclic) bond motifs is 2. The third-order valence-electron chi connectivity index (χ3n) is 6.55. The first-order valence-electron chi connectivity index (χ1n) is 10.9. The maximum absolute atomic E-state index is 14.2. The minimum absolute atomic E-state index is 0.00400. The normalized spacial score (nSPS) is 13.7. The molecule has 0 aliphatic carbocycles. The van der Waals surface area contributed by atoms with Gasteiger partial charge in [0.05, 0.1) is 22.9 Å². The first-order chi connectivity index (χ1) is 15.8. The molecule has 7 nitrogen and oxygen atoms in total. The number of aromatic nitrogens is 4. The van der Waals surface area contributed by atoms with Gasteiger partial charge < -0.3 is 10.2 Å². The fraction of sp³-hybridized carbons (Fsp3) is 0.333. The van der Waals surface area contributed by atoms with Gasteiger partial charge in [-0.15, -0.1) is 0 Å². The number of hydrogen-bond donors (Lipinski definition) is 1. The van der Waals surface area contributed by atoms with E-state index in [-0.39, 0.29) is 11.3 Å². The van der Waals surface area contributed by atoms with Gasteiger partial charge >= 0.3 is 5.69 Å². The third kappa shape index (κ3) is 3.30. The van der Waals surface area contributed by atoms with Crippen LogP contribution in [0, 0.1) is 0 Å². The second kappa shape index (κ2) is 7.75. The molecule has 0 fully saturated rings. The Bertz CT molecular complexity index is 1430. The minimum atomic E-state index is -2.61. The number of benzene rings is 2. The molecule has 0 radical (unpaired) electrons. The molecular weight excluding hydrogens is 426 g/mol. The van der Waals surface area contributed by atoms with E-state index < -0.39 is 6.43 Å². The predicted octanol–water partition coefficient (Wildman–Crippen LogP) is 4.34. The van der Waals surface area contributed by atoms with Crippen LogP contribution in [0.2, 0.25) is 0 Å². The van der Waals surface area contributed by atoms with Gasteiger partial charge in [0.25, 0.3) is 6.43 Å². The summed E-state index contributed by atoms with van der Waals surface area (Å²) in [5, 5.41) is 7.35. The number of alkyl halides is 2. The summed E-state index contributed by atoms with van der Waals surface area (Å²) >= 11 is 0. The molecule has 9 heteroatoms. The molecule has 0 saturated heterocycles. The Morgan fingerprint density at radius 2 is 1.88 bits per heavy atom. The van der Waals surface area contributed by atoms with E-state index in [0.29, 0.717) is 17.7 Å². The molecule has 0 unspecified atom stereocenters. The van der Waals surface area contributed by atoms with E-state index in [1.807, 2.05) is 25.2 Å². The van der Waals surface area contributed by atoms with Crippen molar-refractivity contribution in [2.24, 2.45) is 21.1 Å². The van der Waals surface area contributed by atoms with Crippen molar-refractivity contribution in [2.75, 3.05) is 23.8 Å². The van der Waals surface area contributed by atoms with Crippen LogP contribution in [0.4, 0.5) is 25.8 Å². The molecule has 172 valence electrons. The predicted molar refractivity (Wildman–Crippen MR) is 127 cm³/mol. The Labute approximate surface area is 189 Å². The summed E-state index contributed by atoms with van der Waals surface area (Å²) in [6.07, 6.45) is 2.48. The Morgan fingerprint density at radius 1 is 1.09 bits per heavy atom. The zero-order valence-electron chi connectivity index (χ0n) is 19.1. The summed E-state index contributed by atoms with van der Waals surface area (Å²) in [5.74, 6) is 0. The molecule has 0 spiro atoms. The first kappa shape index (κ1) is 21.2. The lowest BCUT2D eigenvalue weighted by Crippen LogP contribution is -2.25. The standard InChI is InChI=1S/C24H26F2N6O/c1-27-19-9-16(10-21-22(19)31(4)24(33)30(21)3)32-7-5-6-14-8-17(15-12-28-29(2)13-15)18(23(25)26)11-20(14)32/h8-13,23,27H,5-7H2,1-4H3. The third-order valence-corrected chi connectivity index (χ3v) is 6.55. The number of nitrogens with one attached hydrogen (secondary N) is 1. The average molecular weight is 453 g/mol. The molecule has 0 amide bonds. The molecule has 2 aromatic carbocycles. The van der Waals surface area contributed by atoms with E-state index in [9.17, 15) is 13.6 Å². The van der Waals surface area contributed by atoms with E-state index >= 15 is 0 Å². The number of halogens is 2. The quantitative estimate of drug-likeness (QED) is 0.501. The van der Waals surface area contributed by atoms with E-state index in [1.54, 1.807) is 53.4 Å². The molecular formula is C24H26F2N6O. The highest BCUT2D eigenvalue weighted by molar-refractivity contribution is 5.94. The van der Waals surface area contributed by atoms with Crippen molar-refractivity contribution in [1.29, 1.82) is 0 Å². The van der Waals surface area contributed by atoms with Gasteiger partial charge in [-0.05, 0) is 48.2 Å². The second-order valence-electron chi connectivity index (χ2n) is 8.54. The van der Waals surface area contributed by atoms with Crippen LogP contribution >= 0.6 is 0 Å². The smallest absolute Gasteiger partial charge is 0.328 e. The molecule has 4 aromatic rings. The van der Waals surface area contributed by atoms with Gasteiger partial charge in [0.15, 0.2) is 0 Å². The van der Waals surface area contributed by atoms with E-state index in [4.69, 9.17) is 0 Å². The lowest BCUT2D eigenvalue weighted by atomic mass is 9.92. The first-order valence-corrected chi connectivity index (χ1v) is 10.9. The SMILES string of the molecule is CNc1cc(N2CCCc3cc(-c4cnn(C)c4)c(C(F)F)cc32)cc2c1n(C)c(=O)n2C. The molecule has 0 atom stereocenters. The van der Waals surface area contributed by atoms with Crippen molar-refractivity contribution in [2.45, 2.75) is 19.3 Å². The van der Waals surface area contributed by atoms with Crippen molar-refractivity contribution in [3.8, 4) is 11.1 Å². The minimum Gasteiger partial charge on any atom is -0.386 e. The summed E-state index contributed by atoms with van der Waals surface area (Å²) in [5.41, 5.74) is 6.18. The highest BCUT2D eigenvalue weighted by Crippen LogP contribution is 2.42. The van der Waals surface area contributed by atoms with Gasteiger partial charge in [-0.1, -0.05) is 0 Å². The second-order valence-corrected chi connectivity index (χ2v) is 8.54. The summed E-state index contributed by atoms with van der Waals surface area (Å²) in [6.45, 7) is 0.706. The maximum Gasteiger partial charge on any atom is 0.328 e. The topological polar surface area (TPSA) is 60.0 Å². The zero-order valence-corrected chi connectivity index (χ0v) is 19.1. The number of rotatable bonds is 4. The van der Waals surface area contributed by atoms with Gasteiger partial charge in [0.1, 0.15) is 0 Å². The molecule has 0 saturated carbocycles. The van der Waals surface area contributed by atoms with Crippen LogP contribution in [-0.2, 0) is 27.6 Å². The summed E-state index contributed by atoms with van der Waals surface area (Å²) in [7, 11) is 7.08. The summed E-state index contributed by atoms with van der Waals surface area (Å²) in [6, 6.07) is 7.45. The number of anilines is 3. The van der Waals surface area contributed by atoms with Gasteiger partial charge in [-0.2, -0.15) is 5.10 Å². The van der Waals surface area contributed by atoms with Crippen LogP contribution in [0.3, 0.4) is 0 Å². The fourth-order valence-electron chi connectivity index (χ4n) is 4.89. The highest BCUT2D eigenvalue weighted by atomic mass is 19.3. The Kier molecular flexibility index (Phi) is 4.99. The van der Waals surface area contributed by atoms with Gasteiger partial charge in [0.2, 0.25) is 0 Å². The monoisotopic (exact) mass is 452 g/mol. The van der Waals surface area contributed by atoms with Gasteiger partial charge in [-0.25, -0.2) is 13.6 Å². The number of nitrogens with zero attached hydrogens (tertiary/aromatic N) is 5. The van der Waals surface area contributed by atoms with Crippen molar-refractivity contribution >= 4 is 28.1 Å². The largest absolute Gasteiger partial charge is 0.386 e. The van der Waals surface area contributed by atoms with Gasteiger partial charge in [-0.3, -0.25) is 13.8 Å².